The minimum Gasteiger partial charge on any atom is -0.508 e. The fourth-order valence-corrected chi connectivity index (χ4v) is 8.63. The topological polar surface area (TPSA) is 147 Å². The first-order chi connectivity index (χ1) is 23.5. The van der Waals surface area contributed by atoms with Gasteiger partial charge in [0.15, 0.2) is 9.75 Å². The molecule has 0 bridgehead atoms. The van der Waals surface area contributed by atoms with Crippen molar-refractivity contribution in [2.75, 3.05) is 9.80 Å². The fraction of sp³-hybridized carbons (Fsp3) is 0.273. The van der Waals surface area contributed by atoms with Crippen molar-refractivity contribution in [1.82, 2.24) is 0 Å². The first-order valence-corrected chi connectivity index (χ1v) is 15.7. The lowest BCUT2D eigenvalue weighted by atomic mass is 9.56. The monoisotopic (exact) mass is 733 g/mol. The number of alkyl halides is 5. The average molecular weight is 734 g/mol. The van der Waals surface area contributed by atoms with Crippen LogP contribution in [0.4, 0.5) is 34.6 Å². The largest absolute Gasteiger partial charge is 0.573 e. The Balaban J connectivity index is 1.41. The van der Waals surface area contributed by atoms with Gasteiger partial charge in [0.1, 0.15) is 17.3 Å². The first kappa shape index (κ1) is 33.5. The highest BCUT2D eigenvalue weighted by Crippen LogP contribution is 2.66. The van der Waals surface area contributed by atoms with Crippen LogP contribution >= 0.6 is 23.2 Å². The van der Waals surface area contributed by atoms with E-state index >= 15 is 0 Å². The molecule has 0 aromatic heterocycles. The number of carbonyl (C=O) groups excluding carboxylic acids is 4. The Morgan fingerprint density at radius 1 is 0.900 bits per heavy atom. The summed E-state index contributed by atoms with van der Waals surface area (Å²) in [7, 11) is 0. The van der Waals surface area contributed by atoms with E-state index in [0.717, 1.165) is 53.4 Å². The summed E-state index contributed by atoms with van der Waals surface area (Å²) in [5, 5.41) is 22.6. The average Bonchev–Trinajstić information content (AvgIpc) is 3.39. The van der Waals surface area contributed by atoms with Crippen molar-refractivity contribution < 1.29 is 51.5 Å². The van der Waals surface area contributed by atoms with E-state index in [1.54, 1.807) is 0 Å². The number of halogens is 6. The summed E-state index contributed by atoms with van der Waals surface area (Å²) >= 11 is 14.4. The zero-order valence-electron chi connectivity index (χ0n) is 25.1. The molecule has 1 N–H and O–H groups in total. The molecule has 2 aliphatic heterocycles. The summed E-state index contributed by atoms with van der Waals surface area (Å²) < 4.78 is 57.8. The molecule has 4 aliphatic rings. The molecule has 0 unspecified atom stereocenters. The molecule has 0 spiro atoms. The smallest absolute Gasteiger partial charge is 0.508 e. The van der Waals surface area contributed by atoms with Crippen LogP contribution in [0.1, 0.15) is 24.3 Å². The SMILES string of the molecule is O=C1[C@H]2[C@H](CC=C3[C@H]2C[C@@]2(Cl)C(=O)N(c4ccc(F)cc4)C(=O)[C@@]2(Cl)[C@H]3c2cc(OC(F)(F)F)ccc2O)C(=O)N1c1cccc([N+](=O)[O-])c1. The van der Waals surface area contributed by atoms with Crippen LogP contribution < -0.4 is 14.5 Å². The number of nitrogens with zero attached hydrogens (tertiary/aromatic N) is 3. The van der Waals surface area contributed by atoms with Crippen molar-refractivity contribution in [3.63, 3.8) is 0 Å². The van der Waals surface area contributed by atoms with E-state index in [0.29, 0.717) is 4.90 Å². The Bertz CT molecular complexity index is 2060. The number of ether oxygens (including phenoxy) is 1. The van der Waals surface area contributed by atoms with Gasteiger partial charge in [-0.25, -0.2) is 14.2 Å². The van der Waals surface area contributed by atoms with Crippen molar-refractivity contribution in [2.24, 2.45) is 17.8 Å². The number of hydrogen-bond acceptors (Lipinski definition) is 8. The normalized spacial score (nSPS) is 29.0. The van der Waals surface area contributed by atoms with Crippen molar-refractivity contribution in [1.29, 1.82) is 0 Å². The van der Waals surface area contributed by atoms with Crippen LogP contribution in [-0.4, -0.2) is 49.8 Å². The highest BCUT2D eigenvalue weighted by atomic mass is 35.5. The number of non-ortho nitro benzene ring substituents is 1. The van der Waals surface area contributed by atoms with E-state index in [4.69, 9.17) is 23.2 Å². The molecule has 11 nitrogen and oxygen atoms in total. The van der Waals surface area contributed by atoms with Crippen molar-refractivity contribution in [3.8, 4) is 11.5 Å². The molecule has 50 heavy (non-hydrogen) atoms. The predicted octanol–water partition coefficient (Wildman–Crippen LogP) is 6.11. The molecular weight excluding hydrogens is 713 g/mol. The van der Waals surface area contributed by atoms with Gasteiger partial charge >= 0.3 is 6.36 Å². The number of allylic oxidation sites excluding steroid dienone is 2. The third-order valence-electron chi connectivity index (χ3n) is 9.74. The summed E-state index contributed by atoms with van der Waals surface area (Å²) in [6.07, 6.45) is -4.35. The molecule has 3 aromatic carbocycles. The third kappa shape index (κ3) is 4.77. The highest BCUT2D eigenvalue weighted by Gasteiger charge is 2.77. The Kier molecular flexibility index (Phi) is 7.53. The van der Waals surface area contributed by atoms with E-state index in [1.807, 2.05) is 0 Å². The third-order valence-corrected chi connectivity index (χ3v) is 11.2. The number of fused-ring (bicyclic) bond motifs is 4. The van der Waals surface area contributed by atoms with Crippen LogP contribution in [0.2, 0.25) is 0 Å². The van der Waals surface area contributed by atoms with E-state index in [1.165, 1.54) is 24.3 Å². The van der Waals surface area contributed by atoms with Gasteiger partial charge in [-0.15, -0.1) is 36.4 Å². The van der Waals surface area contributed by atoms with Gasteiger partial charge in [-0.2, -0.15) is 0 Å². The van der Waals surface area contributed by atoms with Gasteiger partial charge < -0.3 is 9.84 Å². The molecule has 258 valence electrons. The molecule has 2 saturated heterocycles. The number of aromatic hydroxyl groups is 1. The number of hydrogen-bond donors (Lipinski definition) is 1. The standard InChI is InChI=1S/C33H21Cl2F4N3O8/c34-31-14-23-20(9-10-21-25(23)28(45)40(27(21)44)17-2-1-3-18(12-17)42(48)49)26(22-13-19(8-11-24(22)43)50-33(37,38)39)32(31,35)30(47)41(29(31)46)16-6-4-15(36)5-7-16/h1-9,11-13,21,23,25-26,43H,10,14H2/t21-,23+,25-,26+,31+,32-/m0/s1. The molecule has 7 rings (SSSR count). The number of phenolic OH excluding ortho intramolecular Hbond substituents is 1. The Labute approximate surface area is 288 Å². The summed E-state index contributed by atoms with van der Waals surface area (Å²) in [6, 6.07) is 11.5. The number of imide groups is 2. The quantitative estimate of drug-likeness (QED) is 0.0826. The number of phenols is 1. The minimum absolute atomic E-state index is 0.0889. The molecule has 3 fully saturated rings. The van der Waals surface area contributed by atoms with E-state index in [9.17, 15) is 52.0 Å². The number of anilines is 2. The van der Waals surface area contributed by atoms with Crippen LogP contribution in [0.25, 0.3) is 0 Å². The molecule has 0 radical (unpaired) electrons. The second-order valence-electron chi connectivity index (χ2n) is 12.3. The van der Waals surface area contributed by atoms with Crippen molar-refractivity contribution in [2.45, 2.75) is 34.9 Å². The van der Waals surface area contributed by atoms with E-state index < -0.39 is 103 Å². The molecule has 2 heterocycles. The van der Waals surface area contributed by atoms with Gasteiger partial charge in [0.05, 0.1) is 28.1 Å². The lowest BCUT2D eigenvalue weighted by molar-refractivity contribution is -0.384. The molecule has 17 heteroatoms. The van der Waals surface area contributed by atoms with Crippen molar-refractivity contribution >= 4 is 63.9 Å². The summed E-state index contributed by atoms with van der Waals surface area (Å²) in [5.74, 6) is -11.0. The Morgan fingerprint density at radius 2 is 1.60 bits per heavy atom. The van der Waals surface area contributed by atoms with Crippen LogP contribution in [-0.2, 0) is 19.2 Å². The molecule has 6 atom stereocenters. The van der Waals surface area contributed by atoms with Gasteiger partial charge in [0.2, 0.25) is 11.8 Å². The zero-order valence-corrected chi connectivity index (χ0v) is 26.6. The summed E-state index contributed by atoms with van der Waals surface area (Å²) in [6.45, 7) is 0. The minimum atomic E-state index is -5.17. The Hall–Kier alpha value is -5.02. The van der Waals surface area contributed by atoms with Gasteiger partial charge in [-0.3, -0.25) is 29.3 Å². The number of nitro groups is 1. The van der Waals surface area contributed by atoms with Gasteiger partial charge in [-0.05, 0) is 67.3 Å². The molecule has 3 aromatic rings. The fourth-order valence-electron chi connectivity index (χ4n) is 7.71. The number of rotatable bonds is 5. The number of benzene rings is 3. The van der Waals surface area contributed by atoms with Crippen LogP contribution in [0.15, 0.2) is 78.4 Å². The maximum atomic E-state index is 14.4. The van der Waals surface area contributed by atoms with Crippen LogP contribution in [0.5, 0.6) is 11.5 Å². The second kappa shape index (κ2) is 11.3. The second-order valence-corrected chi connectivity index (χ2v) is 13.5. The maximum absolute atomic E-state index is 14.4. The number of carbonyl (C=O) groups is 4. The zero-order chi connectivity index (χ0) is 36.1. The molecule has 2 aliphatic carbocycles. The first-order valence-electron chi connectivity index (χ1n) is 14.9. The van der Waals surface area contributed by atoms with Gasteiger partial charge in [0.25, 0.3) is 17.5 Å². The summed E-state index contributed by atoms with van der Waals surface area (Å²) in [5.41, 5.74) is -0.869. The van der Waals surface area contributed by atoms with Gasteiger partial charge in [-0.1, -0.05) is 17.7 Å². The van der Waals surface area contributed by atoms with Gasteiger partial charge in [0, 0.05) is 23.6 Å². The van der Waals surface area contributed by atoms with Crippen LogP contribution in [0, 0.1) is 33.7 Å². The molecular formula is C33H21Cl2F4N3O8. The lowest BCUT2D eigenvalue weighted by Crippen LogP contribution is -2.60. The predicted molar refractivity (Wildman–Crippen MR) is 167 cm³/mol. The molecule has 1 saturated carbocycles. The molecule has 4 amide bonds. The van der Waals surface area contributed by atoms with E-state index in [2.05, 4.69) is 4.74 Å². The lowest BCUT2D eigenvalue weighted by Gasteiger charge is -2.50. The van der Waals surface area contributed by atoms with E-state index in [-0.39, 0.29) is 23.4 Å². The maximum Gasteiger partial charge on any atom is 0.573 e. The number of nitro benzene ring substituents is 1. The van der Waals surface area contributed by atoms with Crippen molar-refractivity contribution in [3.05, 3.63) is 99.9 Å². The Morgan fingerprint density at radius 3 is 2.26 bits per heavy atom. The summed E-state index contributed by atoms with van der Waals surface area (Å²) in [4.78, 5) is 63.8. The highest BCUT2D eigenvalue weighted by molar-refractivity contribution is 6.58. The number of amides is 4. The van der Waals surface area contributed by atoms with Crippen LogP contribution in [0.3, 0.4) is 0 Å².